The zero-order valence-corrected chi connectivity index (χ0v) is 17.3. The van der Waals surface area contributed by atoms with Crippen molar-refractivity contribution in [2.75, 3.05) is 20.3 Å². The van der Waals surface area contributed by atoms with Gasteiger partial charge in [0.2, 0.25) is 0 Å². The van der Waals surface area contributed by atoms with E-state index in [1.807, 2.05) is 29.7 Å². The Bertz CT molecular complexity index is 1010. The maximum Gasteiger partial charge on any atom is 0.282 e. The third-order valence-electron chi connectivity index (χ3n) is 3.63. The molecule has 0 unspecified atom stereocenters. The monoisotopic (exact) mass is 430 g/mol. The van der Waals surface area contributed by atoms with Crippen molar-refractivity contribution >= 4 is 62.0 Å². The summed E-state index contributed by atoms with van der Waals surface area (Å²) < 4.78 is 14.7. The van der Waals surface area contributed by atoms with E-state index in [0.717, 1.165) is 27.3 Å². The molecule has 0 spiro atoms. The Morgan fingerprint density at radius 2 is 2.12 bits per heavy atom. The Morgan fingerprint density at radius 1 is 1.31 bits per heavy atom. The van der Waals surface area contributed by atoms with Crippen LogP contribution in [-0.2, 0) is 11.3 Å². The first-order chi connectivity index (χ1) is 12.5. The van der Waals surface area contributed by atoms with Crippen molar-refractivity contribution < 1.29 is 14.3 Å². The Hall–Kier alpha value is -1.38. The number of halogens is 2. The van der Waals surface area contributed by atoms with E-state index in [1.54, 1.807) is 13.2 Å². The molecule has 0 radical (unpaired) electrons. The Morgan fingerprint density at radius 3 is 2.77 bits per heavy atom. The van der Waals surface area contributed by atoms with Gasteiger partial charge in [0.25, 0.3) is 5.91 Å². The fourth-order valence-electron chi connectivity index (χ4n) is 2.49. The zero-order valence-electron chi connectivity index (χ0n) is 14.1. The summed E-state index contributed by atoms with van der Waals surface area (Å²) in [5.74, 6) is 0.301. The predicted molar refractivity (Wildman–Crippen MR) is 107 cm³/mol. The molecule has 9 heteroatoms. The molecule has 0 fully saturated rings. The second-order valence-electron chi connectivity index (χ2n) is 5.20. The molecule has 0 aliphatic rings. The van der Waals surface area contributed by atoms with Crippen LogP contribution in [0.2, 0.25) is 8.67 Å². The molecule has 0 bridgehead atoms. The number of aromatic nitrogens is 1. The second-order valence-corrected chi connectivity index (χ2v) is 8.49. The molecule has 3 rings (SSSR count). The minimum Gasteiger partial charge on any atom is -0.495 e. The molecular weight excluding hydrogens is 415 g/mol. The number of thiazole rings is 1. The van der Waals surface area contributed by atoms with Gasteiger partial charge in [-0.1, -0.05) is 40.6 Å². The van der Waals surface area contributed by atoms with Crippen molar-refractivity contribution in [3.05, 3.63) is 43.3 Å². The van der Waals surface area contributed by atoms with Crippen molar-refractivity contribution in [3.63, 3.8) is 0 Å². The Kier molecular flexibility index (Phi) is 6.37. The molecule has 2 aromatic heterocycles. The van der Waals surface area contributed by atoms with Crippen LogP contribution in [0, 0.1) is 0 Å². The molecule has 0 atom stereocenters. The van der Waals surface area contributed by atoms with Crippen molar-refractivity contribution in [1.82, 2.24) is 4.57 Å². The normalized spacial score (nSPS) is 12.1. The van der Waals surface area contributed by atoms with Crippen LogP contribution in [0.3, 0.4) is 0 Å². The largest absolute Gasteiger partial charge is 0.495 e. The third kappa shape index (κ3) is 3.97. The Balaban J connectivity index is 2.13. The second kappa shape index (κ2) is 8.54. The first-order valence-corrected chi connectivity index (χ1v) is 10.2. The van der Waals surface area contributed by atoms with Crippen LogP contribution in [0.4, 0.5) is 0 Å². The summed E-state index contributed by atoms with van der Waals surface area (Å²) in [4.78, 5) is 17.4. The van der Waals surface area contributed by atoms with Crippen molar-refractivity contribution in [1.29, 1.82) is 0 Å². The lowest BCUT2D eigenvalue weighted by atomic mass is 10.3. The molecule has 3 aromatic rings. The number of hydrogen-bond donors (Lipinski definition) is 0. The van der Waals surface area contributed by atoms with Gasteiger partial charge in [-0.05, 0) is 25.1 Å². The number of hydrogen-bond acceptors (Lipinski definition) is 5. The van der Waals surface area contributed by atoms with E-state index < -0.39 is 5.91 Å². The van der Waals surface area contributed by atoms with Crippen LogP contribution in [0.1, 0.15) is 17.3 Å². The van der Waals surface area contributed by atoms with E-state index in [-0.39, 0.29) is 0 Å². The number of amides is 1. The number of methoxy groups -OCH3 is 1. The van der Waals surface area contributed by atoms with E-state index >= 15 is 0 Å². The number of para-hydroxylation sites is 1. The smallest absolute Gasteiger partial charge is 0.282 e. The van der Waals surface area contributed by atoms with Crippen LogP contribution >= 0.6 is 45.9 Å². The summed E-state index contributed by atoms with van der Waals surface area (Å²) in [6.45, 7) is 3.62. The van der Waals surface area contributed by atoms with Gasteiger partial charge in [-0.25, -0.2) is 0 Å². The maximum atomic E-state index is 12.6. The zero-order chi connectivity index (χ0) is 18.7. The van der Waals surface area contributed by atoms with Crippen LogP contribution in [0.25, 0.3) is 10.2 Å². The first kappa shape index (κ1) is 19.4. The van der Waals surface area contributed by atoms with Crippen LogP contribution in [0.5, 0.6) is 5.75 Å². The van der Waals surface area contributed by atoms with Crippen molar-refractivity contribution in [2.45, 2.75) is 13.5 Å². The van der Waals surface area contributed by atoms with E-state index in [9.17, 15) is 4.79 Å². The molecule has 0 saturated heterocycles. The fourth-order valence-corrected chi connectivity index (χ4v) is 5.01. The number of ether oxygens (including phenoxy) is 2. The number of carbonyl (C=O) groups excluding carboxylic acids is 1. The number of thiophene rings is 1. The van der Waals surface area contributed by atoms with Crippen LogP contribution in [-0.4, -0.2) is 30.8 Å². The minimum absolute atomic E-state index is 0.308. The standard InChI is InChI=1S/C17H16Cl2N2O3S2/c1-3-24-8-7-21-14-11(23-2)5-4-6-12(14)25-17(21)20-16(22)10-9-13(18)26-15(10)19/h4-6,9H,3,7-8H2,1-2H3. The number of rotatable bonds is 6. The van der Waals surface area contributed by atoms with Crippen molar-refractivity contribution in [2.24, 2.45) is 4.99 Å². The average molecular weight is 431 g/mol. The highest BCUT2D eigenvalue weighted by Crippen LogP contribution is 2.32. The number of nitrogens with zero attached hydrogens (tertiary/aromatic N) is 2. The van der Waals surface area contributed by atoms with Gasteiger partial charge in [0.05, 0.1) is 28.3 Å². The van der Waals surface area contributed by atoms with Gasteiger partial charge in [-0.2, -0.15) is 4.99 Å². The Labute approximate surface area is 168 Å². The maximum absolute atomic E-state index is 12.6. The number of fused-ring (bicyclic) bond motifs is 1. The van der Waals surface area contributed by atoms with Gasteiger partial charge < -0.3 is 14.0 Å². The number of benzene rings is 1. The van der Waals surface area contributed by atoms with E-state index in [2.05, 4.69) is 4.99 Å². The highest BCUT2D eigenvalue weighted by atomic mass is 35.5. The molecule has 1 amide bonds. The average Bonchev–Trinajstić information content (AvgIpc) is 3.14. The molecule has 0 N–H and O–H groups in total. The number of carbonyl (C=O) groups is 1. The lowest BCUT2D eigenvalue weighted by Gasteiger charge is -2.08. The topological polar surface area (TPSA) is 52.8 Å². The highest BCUT2D eigenvalue weighted by molar-refractivity contribution is 7.20. The van der Waals surface area contributed by atoms with Gasteiger partial charge >= 0.3 is 0 Å². The molecule has 5 nitrogen and oxygen atoms in total. The molecule has 138 valence electrons. The molecule has 1 aromatic carbocycles. The summed E-state index contributed by atoms with van der Waals surface area (Å²) in [6.07, 6.45) is 0. The SMILES string of the molecule is CCOCCn1c(=NC(=O)c2cc(Cl)sc2Cl)sc2cccc(OC)c21. The molecule has 0 saturated carbocycles. The van der Waals surface area contributed by atoms with E-state index in [4.69, 9.17) is 32.7 Å². The minimum atomic E-state index is -0.422. The van der Waals surface area contributed by atoms with Crippen molar-refractivity contribution in [3.8, 4) is 5.75 Å². The van der Waals surface area contributed by atoms with Crippen LogP contribution in [0.15, 0.2) is 29.3 Å². The summed E-state index contributed by atoms with van der Waals surface area (Å²) >= 11 is 14.6. The van der Waals surface area contributed by atoms with Gasteiger partial charge in [0.15, 0.2) is 4.80 Å². The molecule has 0 aliphatic carbocycles. The van der Waals surface area contributed by atoms with Gasteiger partial charge in [-0.15, -0.1) is 11.3 Å². The van der Waals surface area contributed by atoms with Gasteiger partial charge in [-0.3, -0.25) is 4.79 Å². The van der Waals surface area contributed by atoms with Crippen LogP contribution < -0.4 is 9.54 Å². The third-order valence-corrected chi connectivity index (χ3v) is 6.16. The lowest BCUT2D eigenvalue weighted by molar-refractivity contribution is 0.0997. The highest BCUT2D eigenvalue weighted by Gasteiger charge is 2.16. The lowest BCUT2D eigenvalue weighted by Crippen LogP contribution is -2.20. The molecule has 26 heavy (non-hydrogen) atoms. The quantitative estimate of drug-likeness (QED) is 0.524. The van der Waals surface area contributed by atoms with E-state index in [1.165, 1.54) is 11.3 Å². The first-order valence-electron chi connectivity index (χ1n) is 7.83. The van der Waals surface area contributed by atoms with Gasteiger partial charge in [0, 0.05) is 13.2 Å². The summed E-state index contributed by atoms with van der Waals surface area (Å²) in [7, 11) is 1.62. The summed E-state index contributed by atoms with van der Waals surface area (Å²) in [5, 5.41) is 0. The predicted octanol–water partition coefficient (Wildman–Crippen LogP) is 4.86. The molecule has 2 heterocycles. The fraction of sp³-hybridized carbons (Fsp3) is 0.294. The molecule has 0 aliphatic heterocycles. The summed E-state index contributed by atoms with van der Waals surface area (Å²) in [6, 6.07) is 7.30. The van der Waals surface area contributed by atoms with Gasteiger partial charge in [0.1, 0.15) is 15.6 Å². The van der Waals surface area contributed by atoms with E-state index in [0.29, 0.717) is 38.8 Å². The summed E-state index contributed by atoms with van der Waals surface area (Å²) in [5.41, 5.74) is 1.20. The molecular formula is C17H16Cl2N2O3S2.